The van der Waals surface area contributed by atoms with E-state index in [2.05, 4.69) is 31.2 Å². The molecule has 19 heavy (non-hydrogen) atoms. The van der Waals surface area contributed by atoms with Gasteiger partial charge in [0, 0.05) is 16.6 Å². The van der Waals surface area contributed by atoms with Gasteiger partial charge in [-0.25, -0.2) is 0 Å². The normalized spacial score (nSPS) is 26.7. The number of ether oxygens (including phenoxy) is 1. The van der Waals surface area contributed by atoms with Crippen LogP contribution in [-0.4, -0.2) is 23.3 Å². The van der Waals surface area contributed by atoms with Gasteiger partial charge in [-0.3, -0.25) is 0 Å². The smallest absolute Gasteiger partial charge is 0.158 e. The molecule has 1 aliphatic rings. The summed E-state index contributed by atoms with van der Waals surface area (Å²) in [4.78, 5) is 1.27. The molecule has 1 fully saturated rings. The summed E-state index contributed by atoms with van der Waals surface area (Å²) in [6.07, 6.45) is 5.52. The largest absolute Gasteiger partial charge is 0.368 e. The first-order valence-corrected chi connectivity index (χ1v) is 8.29. The van der Waals surface area contributed by atoms with Gasteiger partial charge in [-0.1, -0.05) is 44.4 Å². The molecule has 1 aliphatic heterocycles. The van der Waals surface area contributed by atoms with E-state index < -0.39 is 6.29 Å². The summed E-state index contributed by atoms with van der Waals surface area (Å²) in [6, 6.07) is 10.4. The molecular formula is C16H24O2S. The Morgan fingerprint density at radius 3 is 2.79 bits per heavy atom. The Kier molecular flexibility index (Phi) is 6.21. The number of hydrogen-bond acceptors (Lipinski definition) is 3. The molecule has 1 aromatic rings. The van der Waals surface area contributed by atoms with Gasteiger partial charge in [0.15, 0.2) is 6.29 Å². The van der Waals surface area contributed by atoms with Crippen LogP contribution in [0, 0.1) is 5.92 Å². The number of benzene rings is 1. The standard InChI is InChI=1S/C16H24O2S/c1-2-3-5-8-14-11-13(16(17)18-14)12-19-15-9-6-4-7-10-15/h4,6-7,9-10,13-14,16-17H,2-3,5,8,11-12H2,1H3. The maximum Gasteiger partial charge on any atom is 0.158 e. The number of hydrogen-bond donors (Lipinski definition) is 1. The minimum Gasteiger partial charge on any atom is -0.368 e. The predicted molar refractivity (Wildman–Crippen MR) is 80.3 cm³/mol. The molecule has 3 atom stereocenters. The lowest BCUT2D eigenvalue weighted by molar-refractivity contribution is -0.106. The molecule has 0 bridgehead atoms. The Bertz CT molecular complexity index is 355. The second-order valence-electron chi connectivity index (χ2n) is 5.26. The molecule has 106 valence electrons. The number of rotatable bonds is 7. The molecule has 1 heterocycles. The second kappa shape index (κ2) is 7.93. The zero-order valence-electron chi connectivity index (χ0n) is 11.6. The molecule has 0 aliphatic carbocycles. The summed E-state index contributed by atoms with van der Waals surface area (Å²) in [5.41, 5.74) is 0. The van der Waals surface area contributed by atoms with Crippen LogP contribution in [0.3, 0.4) is 0 Å². The van der Waals surface area contributed by atoms with Gasteiger partial charge in [-0.05, 0) is 25.0 Å². The maximum atomic E-state index is 9.96. The fourth-order valence-electron chi connectivity index (χ4n) is 2.50. The van der Waals surface area contributed by atoms with Crippen molar-refractivity contribution in [2.45, 2.75) is 56.3 Å². The van der Waals surface area contributed by atoms with Crippen LogP contribution in [0.2, 0.25) is 0 Å². The Morgan fingerprint density at radius 2 is 2.05 bits per heavy atom. The highest BCUT2D eigenvalue weighted by Crippen LogP contribution is 2.32. The van der Waals surface area contributed by atoms with Crippen LogP contribution in [0.25, 0.3) is 0 Å². The van der Waals surface area contributed by atoms with Crippen molar-refractivity contribution in [3.63, 3.8) is 0 Å². The van der Waals surface area contributed by atoms with Gasteiger partial charge in [0.05, 0.1) is 6.10 Å². The topological polar surface area (TPSA) is 29.5 Å². The van der Waals surface area contributed by atoms with Crippen molar-refractivity contribution in [1.82, 2.24) is 0 Å². The van der Waals surface area contributed by atoms with Gasteiger partial charge in [0.2, 0.25) is 0 Å². The Balaban J connectivity index is 1.72. The summed E-state index contributed by atoms with van der Waals surface area (Å²) in [5.74, 6) is 1.21. The van der Waals surface area contributed by atoms with Crippen molar-refractivity contribution in [2.24, 2.45) is 5.92 Å². The Morgan fingerprint density at radius 1 is 1.26 bits per heavy atom. The van der Waals surface area contributed by atoms with Gasteiger partial charge in [0.1, 0.15) is 0 Å². The van der Waals surface area contributed by atoms with Crippen molar-refractivity contribution in [3.05, 3.63) is 30.3 Å². The van der Waals surface area contributed by atoms with E-state index >= 15 is 0 Å². The monoisotopic (exact) mass is 280 g/mol. The molecule has 1 aromatic carbocycles. The lowest BCUT2D eigenvalue weighted by Crippen LogP contribution is -2.16. The molecule has 2 nitrogen and oxygen atoms in total. The number of aliphatic hydroxyl groups excluding tert-OH is 1. The highest BCUT2D eigenvalue weighted by atomic mass is 32.2. The van der Waals surface area contributed by atoms with Gasteiger partial charge in [-0.15, -0.1) is 11.8 Å². The third-order valence-corrected chi connectivity index (χ3v) is 4.84. The van der Waals surface area contributed by atoms with E-state index in [0.29, 0.717) is 0 Å². The van der Waals surface area contributed by atoms with Crippen molar-refractivity contribution in [2.75, 3.05) is 5.75 Å². The molecule has 0 aromatic heterocycles. The van der Waals surface area contributed by atoms with E-state index in [0.717, 1.165) is 18.6 Å². The average Bonchev–Trinajstić information content (AvgIpc) is 2.78. The van der Waals surface area contributed by atoms with Crippen LogP contribution in [0.4, 0.5) is 0 Å². The van der Waals surface area contributed by atoms with E-state index in [1.165, 1.54) is 24.2 Å². The fourth-order valence-corrected chi connectivity index (χ4v) is 3.55. The second-order valence-corrected chi connectivity index (χ2v) is 6.36. The van der Waals surface area contributed by atoms with Crippen molar-refractivity contribution in [1.29, 1.82) is 0 Å². The van der Waals surface area contributed by atoms with E-state index in [1.807, 2.05) is 17.8 Å². The molecule has 1 saturated heterocycles. The molecular weight excluding hydrogens is 256 g/mol. The van der Waals surface area contributed by atoms with Gasteiger partial charge in [0.25, 0.3) is 0 Å². The molecule has 1 N–H and O–H groups in total. The zero-order valence-corrected chi connectivity index (χ0v) is 12.4. The minimum atomic E-state index is -0.567. The first-order chi connectivity index (χ1) is 9.29. The highest BCUT2D eigenvalue weighted by Gasteiger charge is 2.33. The zero-order chi connectivity index (χ0) is 13.5. The SMILES string of the molecule is CCCCCC1CC(CSc2ccccc2)C(O)O1. The third kappa shape index (κ3) is 4.83. The number of aliphatic hydroxyl groups is 1. The Hall–Kier alpha value is -0.510. The predicted octanol–water partition coefficient (Wildman–Crippen LogP) is 4.08. The van der Waals surface area contributed by atoms with Gasteiger partial charge in [-0.2, -0.15) is 0 Å². The minimum absolute atomic E-state index is 0.267. The summed E-state index contributed by atoms with van der Waals surface area (Å²) in [6.45, 7) is 2.21. The average molecular weight is 280 g/mol. The fraction of sp³-hybridized carbons (Fsp3) is 0.625. The third-order valence-electron chi connectivity index (χ3n) is 3.64. The Labute approximate surface area is 120 Å². The lowest BCUT2D eigenvalue weighted by atomic mass is 10.0. The van der Waals surface area contributed by atoms with Crippen LogP contribution in [-0.2, 0) is 4.74 Å². The molecule has 0 spiro atoms. The number of thioether (sulfide) groups is 1. The number of unbranched alkanes of at least 4 members (excludes halogenated alkanes) is 2. The molecule has 0 radical (unpaired) electrons. The van der Waals surface area contributed by atoms with Crippen LogP contribution >= 0.6 is 11.8 Å². The van der Waals surface area contributed by atoms with Crippen molar-refractivity contribution in [3.8, 4) is 0 Å². The van der Waals surface area contributed by atoms with Crippen LogP contribution in [0.5, 0.6) is 0 Å². The first kappa shape index (κ1) is 14.9. The quantitative estimate of drug-likeness (QED) is 0.603. The molecule has 3 unspecified atom stereocenters. The maximum absolute atomic E-state index is 9.96. The van der Waals surface area contributed by atoms with Crippen LogP contribution in [0.1, 0.15) is 39.0 Å². The van der Waals surface area contributed by atoms with Gasteiger partial charge >= 0.3 is 0 Å². The molecule has 0 saturated carbocycles. The summed E-state index contributed by atoms with van der Waals surface area (Å²) >= 11 is 1.81. The van der Waals surface area contributed by atoms with Crippen LogP contribution < -0.4 is 0 Å². The van der Waals surface area contributed by atoms with E-state index in [9.17, 15) is 5.11 Å². The van der Waals surface area contributed by atoms with Crippen molar-refractivity contribution < 1.29 is 9.84 Å². The first-order valence-electron chi connectivity index (χ1n) is 7.31. The summed E-state index contributed by atoms with van der Waals surface area (Å²) in [7, 11) is 0. The van der Waals surface area contributed by atoms with E-state index in [1.54, 1.807) is 0 Å². The van der Waals surface area contributed by atoms with E-state index in [-0.39, 0.29) is 12.0 Å². The summed E-state index contributed by atoms with van der Waals surface area (Å²) in [5, 5.41) is 9.96. The lowest BCUT2D eigenvalue weighted by Gasteiger charge is -2.11. The van der Waals surface area contributed by atoms with E-state index in [4.69, 9.17) is 4.74 Å². The highest BCUT2D eigenvalue weighted by molar-refractivity contribution is 7.99. The molecule has 2 rings (SSSR count). The summed E-state index contributed by atoms with van der Waals surface area (Å²) < 4.78 is 5.65. The van der Waals surface area contributed by atoms with Gasteiger partial charge < -0.3 is 9.84 Å². The molecule has 3 heteroatoms. The molecule has 0 amide bonds. The van der Waals surface area contributed by atoms with Crippen LogP contribution in [0.15, 0.2) is 35.2 Å². The van der Waals surface area contributed by atoms with Crippen molar-refractivity contribution >= 4 is 11.8 Å².